The number of aryl methyl sites for hydroxylation is 1. The van der Waals surface area contributed by atoms with E-state index in [1.54, 1.807) is 6.07 Å². The number of nitrogens with two attached hydrogens (primary N) is 1. The molecule has 1 unspecified atom stereocenters. The zero-order valence-corrected chi connectivity index (χ0v) is 13.1. The summed E-state index contributed by atoms with van der Waals surface area (Å²) in [6.45, 7) is 3.90. The monoisotopic (exact) mass is 332 g/mol. The molecule has 4 heteroatoms. The molecule has 0 spiro atoms. The van der Waals surface area contributed by atoms with Crippen molar-refractivity contribution in [3.8, 4) is 0 Å². The number of hydrogen-bond donors (Lipinski definition) is 2. The second-order valence-corrected chi connectivity index (χ2v) is 5.68. The van der Waals surface area contributed by atoms with Gasteiger partial charge in [0.1, 0.15) is 0 Å². The average molecular weight is 333 g/mol. The van der Waals surface area contributed by atoms with E-state index in [9.17, 15) is 4.79 Å². The molecule has 3 N–H and O–H groups in total. The number of rotatable bonds is 3. The highest BCUT2D eigenvalue weighted by molar-refractivity contribution is 9.10. The van der Waals surface area contributed by atoms with E-state index in [-0.39, 0.29) is 11.9 Å². The number of carbonyl (C=O) groups excluding carboxylic acids is 1. The summed E-state index contributed by atoms with van der Waals surface area (Å²) in [6.07, 6.45) is 0. The zero-order chi connectivity index (χ0) is 14.7. The predicted octanol–water partition coefficient (Wildman–Crippen LogP) is 3.83. The van der Waals surface area contributed by atoms with E-state index in [1.807, 2.05) is 50.2 Å². The summed E-state index contributed by atoms with van der Waals surface area (Å²) in [4.78, 5) is 12.2. The Balaban J connectivity index is 2.13. The minimum absolute atomic E-state index is 0.0875. The van der Waals surface area contributed by atoms with Gasteiger partial charge in [0.15, 0.2) is 0 Å². The Morgan fingerprint density at radius 1 is 1.25 bits per heavy atom. The Kier molecular flexibility index (Phi) is 4.45. The van der Waals surface area contributed by atoms with Gasteiger partial charge < -0.3 is 11.1 Å². The van der Waals surface area contributed by atoms with Crippen LogP contribution in [0.4, 0.5) is 5.69 Å². The highest BCUT2D eigenvalue weighted by atomic mass is 79.9. The molecule has 20 heavy (non-hydrogen) atoms. The molecule has 2 aromatic rings. The van der Waals surface area contributed by atoms with Crippen LogP contribution in [0, 0.1) is 6.92 Å². The lowest BCUT2D eigenvalue weighted by Gasteiger charge is -2.15. The van der Waals surface area contributed by atoms with Gasteiger partial charge in [-0.25, -0.2) is 0 Å². The van der Waals surface area contributed by atoms with Gasteiger partial charge in [-0.3, -0.25) is 4.79 Å². The maximum absolute atomic E-state index is 12.2. The van der Waals surface area contributed by atoms with Crippen LogP contribution < -0.4 is 11.1 Å². The van der Waals surface area contributed by atoms with Gasteiger partial charge in [0.05, 0.1) is 6.04 Å². The maximum Gasteiger partial charge on any atom is 0.251 e. The van der Waals surface area contributed by atoms with E-state index >= 15 is 0 Å². The molecule has 0 aliphatic carbocycles. The first-order valence-corrected chi connectivity index (χ1v) is 7.19. The van der Waals surface area contributed by atoms with E-state index in [4.69, 9.17) is 5.73 Å². The summed E-state index contributed by atoms with van der Waals surface area (Å²) < 4.78 is 0.998. The Morgan fingerprint density at radius 2 is 2.00 bits per heavy atom. The third kappa shape index (κ3) is 3.39. The highest BCUT2D eigenvalue weighted by Gasteiger charge is 2.12. The lowest BCUT2D eigenvalue weighted by atomic mass is 10.1. The van der Waals surface area contributed by atoms with Crippen molar-refractivity contribution in [2.45, 2.75) is 19.9 Å². The van der Waals surface area contributed by atoms with Gasteiger partial charge >= 0.3 is 0 Å². The van der Waals surface area contributed by atoms with Crippen molar-refractivity contribution in [1.82, 2.24) is 5.32 Å². The number of nitrogens with one attached hydrogen (secondary N) is 1. The Hall–Kier alpha value is -1.81. The molecule has 1 atom stereocenters. The fraction of sp³-hybridized carbons (Fsp3) is 0.188. The molecule has 0 bridgehead atoms. The minimum Gasteiger partial charge on any atom is -0.399 e. The van der Waals surface area contributed by atoms with Crippen molar-refractivity contribution >= 4 is 27.5 Å². The maximum atomic E-state index is 12.2. The van der Waals surface area contributed by atoms with Crippen molar-refractivity contribution in [3.63, 3.8) is 0 Å². The summed E-state index contributed by atoms with van der Waals surface area (Å²) >= 11 is 3.43. The Labute approximate surface area is 127 Å². The van der Waals surface area contributed by atoms with Gasteiger partial charge in [0.25, 0.3) is 5.91 Å². The molecule has 0 saturated carbocycles. The van der Waals surface area contributed by atoms with Crippen molar-refractivity contribution in [1.29, 1.82) is 0 Å². The molecular weight excluding hydrogens is 316 g/mol. The molecule has 1 amide bonds. The number of nitrogen functional groups attached to an aromatic ring is 1. The SMILES string of the molecule is Cc1cc(C(=O)NC(C)c2cccc(N)c2)ccc1Br. The second kappa shape index (κ2) is 6.09. The summed E-state index contributed by atoms with van der Waals surface area (Å²) in [5.74, 6) is -0.0875. The predicted molar refractivity (Wildman–Crippen MR) is 85.6 cm³/mol. The summed E-state index contributed by atoms with van der Waals surface area (Å²) in [5.41, 5.74) is 9.14. The van der Waals surface area contributed by atoms with Gasteiger partial charge in [0.2, 0.25) is 0 Å². The summed E-state index contributed by atoms with van der Waals surface area (Å²) in [5, 5.41) is 2.98. The van der Waals surface area contributed by atoms with Crippen molar-refractivity contribution in [2.75, 3.05) is 5.73 Å². The van der Waals surface area contributed by atoms with Gasteiger partial charge in [0, 0.05) is 15.7 Å². The van der Waals surface area contributed by atoms with Gasteiger partial charge in [-0.15, -0.1) is 0 Å². The van der Waals surface area contributed by atoms with E-state index in [2.05, 4.69) is 21.2 Å². The third-order valence-corrected chi connectivity index (χ3v) is 4.07. The molecule has 104 valence electrons. The molecule has 0 aliphatic heterocycles. The van der Waals surface area contributed by atoms with Gasteiger partial charge in [-0.05, 0) is 55.3 Å². The molecule has 0 radical (unpaired) electrons. The van der Waals surface area contributed by atoms with Crippen LogP contribution >= 0.6 is 15.9 Å². The van der Waals surface area contributed by atoms with Gasteiger partial charge in [-0.2, -0.15) is 0 Å². The summed E-state index contributed by atoms with van der Waals surface area (Å²) in [7, 11) is 0. The van der Waals surface area contributed by atoms with E-state index in [0.717, 1.165) is 15.6 Å². The quantitative estimate of drug-likeness (QED) is 0.839. The van der Waals surface area contributed by atoms with Crippen LogP contribution in [0.1, 0.15) is 34.5 Å². The Bertz CT molecular complexity index is 640. The van der Waals surface area contributed by atoms with Crippen molar-refractivity contribution < 1.29 is 4.79 Å². The second-order valence-electron chi connectivity index (χ2n) is 4.83. The number of carbonyl (C=O) groups is 1. The molecule has 0 saturated heterocycles. The number of halogens is 1. The average Bonchev–Trinajstić information content (AvgIpc) is 2.41. The molecule has 0 aliphatic rings. The van der Waals surface area contributed by atoms with Gasteiger partial charge in [-0.1, -0.05) is 28.1 Å². The molecule has 0 aromatic heterocycles. The van der Waals surface area contributed by atoms with Crippen LogP contribution in [0.25, 0.3) is 0 Å². The number of benzene rings is 2. The number of anilines is 1. The molecular formula is C16H17BrN2O. The highest BCUT2D eigenvalue weighted by Crippen LogP contribution is 2.19. The van der Waals surface area contributed by atoms with Crippen molar-refractivity contribution in [3.05, 3.63) is 63.6 Å². The molecule has 3 nitrogen and oxygen atoms in total. The molecule has 2 rings (SSSR count). The van der Waals surface area contributed by atoms with Crippen LogP contribution in [0.2, 0.25) is 0 Å². The topological polar surface area (TPSA) is 55.1 Å². The fourth-order valence-corrected chi connectivity index (χ4v) is 2.22. The van der Waals surface area contributed by atoms with Crippen LogP contribution in [-0.2, 0) is 0 Å². The first-order valence-electron chi connectivity index (χ1n) is 6.40. The smallest absolute Gasteiger partial charge is 0.251 e. The molecule has 2 aromatic carbocycles. The van der Waals surface area contributed by atoms with Crippen molar-refractivity contribution in [2.24, 2.45) is 0 Å². The fourth-order valence-electron chi connectivity index (χ4n) is 1.98. The largest absolute Gasteiger partial charge is 0.399 e. The molecule has 0 fully saturated rings. The zero-order valence-electron chi connectivity index (χ0n) is 11.5. The third-order valence-electron chi connectivity index (χ3n) is 3.18. The summed E-state index contributed by atoms with van der Waals surface area (Å²) in [6, 6.07) is 13.0. The van der Waals surface area contributed by atoms with Crippen LogP contribution in [-0.4, -0.2) is 5.91 Å². The van der Waals surface area contributed by atoms with Crippen LogP contribution in [0.5, 0.6) is 0 Å². The lowest BCUT2D eigenvalue weighted by molar-refractivity contribution is 0.0940. The first-order chi connectivity index (χ1) is 9.47. The van der Waals surface area contributed by atoms with Crippen LogP contribution in [0.15, 0.2) is 46.9 Å². The van der Waals surface area contributed by atoms with E-state index < -0.39 is 0 Å². The Morgan fingerprint density at radius 3 is 2.65 bits per heavy atom. The standard InChI is InChI=1S/C16H17BrN2O/c1-10-8-13(6-7-15(10)17)16(20)19-11(2)12-4-3-5-14(18)9-12/h3-9,11H,18H2,1-2H3,(H,19,20). The lowest BCUT2D eigenvalue weighted by Crippen LogP contribution is -2.26. The number of amides is 1. The van der Waals surface area contributed by atoms with Crippen LogP contribution in [0.3, 0.4) is 0 Å². The van der Waals surface area contributed by atoms with E-state index in [1.165, 1.54) is 0 Å². The van der Waals surface area contributed by atoms with E-state index in [0.29, 0.717) is 11.3 Å². The normalized spacial score (nSPS) is 11.9. The molecule has 0 heterocycles. The first kappa shape index (κ1) is 14.6. The number of hydrogen-bond acceptors (Lipinski definition) is 2. The minimum atomic E-state index is -0.0880.